The van der Waals surface area contributed by atoms with E-state index in [-0.39, 0.29) is 5.48 Å². The van der Waals surface area contributed by atoms with Gasteiger partial charge in [-0.15, -0.1) is 0 Å². The molecule has 5 heteroatoms. The highest BCUT2D eigenvalue weighted by atomic mass is 31.1. The van der Waals surface area contributed by atoms with Crippen molar-refractivity contribution in [2.75, 3.05) is 19.6 Å². The zero-order chi connectivity index (χ0) is 8.41. The second-order valence-corrected chi connectivity index (χ2v) is 2.06. The molecule has 11 heavy (non-hydrogen) atoms. The fourth-order valence-electron chi connectivity index (χ4n) is 0.750. The van der Waals surface area contributed by atoms with Gasteiger partial charge in [-0.2, -0.15) is 0 Å². The van der Waals surface area contributed by atoms with Crippen molar-refractivity contribution in [1.29, 1.82) is 0 Å². The molecule has 4 N–H and O–H groups in total. The number of nitrogens with one attached hydrogen (secondary N) is 1. The minimum absolute atomic E-state index is 0. The van der Waals surface area contributed by atoms with E-state index in [0.717, 1.165) is 0 Å². The third kappa shape index (κ3) is 17.8. The normalized spacial score (nSPS) is 8.45. The van der Waals surface area contributed by atoms with E-state index in [1.165, 1.54) is 19.6 Å². The number of hydrogen-bond acceptors (Lipinski definition) is 1. The number of quaternary nitrogens is 1. The Bertz CT molecular complexity index is 63.3. The first-order chi connectivity index (χ1) is 4.76. The van der Waals surface area contributed by atoms with Crippen LogP contribution in [0.15, 0.2) is 0 Å². The van der Waals surface area contributed by atoms with E-state index < -0.39 is 8.69 Å². The van der Waals surface area contributed by atoms with Crippen LogP contribution in [0, 0.1) is 0 Å². The van der Waals surface area contributed by atoms with Crippen molar-refractivity contribution in [2.45, 2.75) is 20.8 Å². The van der Waals surface area contributed by atoms with E-state index in [1.807, 2.05) is 0 Å². The van der Waals surface area contributed by atoms with Gasteiger partial charge in [0.05, 0.1) is 19.6 Å². The Labute approximate surface area is 69.8 Å². The molecule has 0 aliphatic carbocycles. The van der Waals surface area contributed by atoms with Crippen LogP contribution in [0.3, 0.4) is 0 Å². The monoisotopic (exact) mass is 184 g/mol. The highest BCUT2D eigenvalue weighted by Crippen LogP contribution is 1.66. The third-order valence-corrected chi connectivity index (χ3v) is 1.50. The van der Waals surface area contributed by atoms with E-state index >= 15 is 0 Å². The maximum Gasteiger partial charge on any atom is 0.324 e. The largest absolute Gasteiger partial charge is 0.412 e. The molecular formula is C6H19NO3P+. The molecule has 0 aromatic carbocycles. The van der Waals surface area contributed by atoms with E-state index in [0.29, 0.717) is 0 Å². The molecule has 0 fully saturated rings. The van der Waals surface area contributed by atoms with Crippen molar-refractivity contribution in [3.63, 3.8) is 0 Å². The van der Waals surface area contributed by atoms with Gasteiger partial charge in [-0.1, -0.05) is 0 Å². The molecule has 0 aromatic rings. The van der Waals surface area contributed by atoms with Crippen molar-refractivity contribution < 1.29 is 19.8 Å². The zero-order valence-electron chi connectivity index (χ0n) is 7.42. The first-order valence-corrected chi connectivity index (χ1v) is 4.33. The van der Waals surface area contributed by atoms with Crippen LogP contribution in [-0.4, -0.2) is 30.0 Å². The third-order valence-electron chi connectivity index (χ3n) is 1.50. The van der Waals surface area contributed by atoms with E-state index in [1.54, 1.807) is 4.90 Å². The average Bonchev–Trinajstić information content (AvgIpc) is 1.93. The van der Waals surface area contributed by atoms with Gasteiger partial charge in [-0.05, 0) is 20.8 Å². The highest BCUT2D eigenvalue weighted by molar-refractivity contribution is 7.16. The summed E-state index contributed by atoms with van der Waals surface area (Å²) in [5.74, 6) is 0. The Morgan fingerprint density at radius 3 is 1.36 bits per heavy atom. The Morgan fingerprint density at radius 2 is 1.36 bits per heavy atom. The van der Waals surface area contributed by atoms with Crippen LogP contribution in [0.5, 0.6) is 0 Å². The van der Waals surface area contributed by atoms with Crippen molar-refractivity contribution in [1.82, 2.24) is 0 Å². The topological polar surface area (TPSA) is 73.2 Å². The molecule has 0 aromatic heterocycles. The molecule has 0 bridgehead atoms. The van der Waals surface area contributed by atoms with Crippen molar-refractivity contribution in [2.24, 2.45) is 0 Å². The summed E-state index contributed by atoms with van der Waals surface area (Å²) in [7, 11) is -0.833. The molecular weight excluding hydrogens is 165 g/mol. The minimum Gasteiger partial charge on any atom is -0.412 e. The van der Waals surface area contributed by atoms with Crippen LogP contribution in [0.1, 0.15) is 20.8 Å². The lowest BCUT2D eigenvalue weighted by molar-refractivity contribution is -0.894. The molecule has 0 rings (SSSR count). The first kappa shape index (κ1) is 17.2. The van der Waals surface area contributed by atoms with Gasteiger partial charge in [0.2, 0.25) is 0 Å². The van der Waals surface area contributed by atoms with Gasteiger partial charge >= 0.3 is 8.69 Å². The van der Waals surface area contributed by atoms with Gasteiger partial charge in [0.1, 0.15) is 0 Å². The van der Waals surface area contributed by atoms with Gasteiger partial charge in [-0.3, -0.25) is 0 Å². The maximum absolute atomic E-state index is 8.46. The quantitative estimate of drug-likeness (QED) is 0.569. The van der Waals surface area contributed by atoms with Crippen molar-refractivity contribution in [3.8, 4) is 0 Å². The summed E-state index contributed by atoms with van der Waals surface area (Å²) in [4.78, 5) is 8.67. The van der Waals surface area contributed by atoms with Crippen LogP contribution < -0.4 is 4.90 Å². The second-order valence-electron chi connectivity index (χ2n) is 1.89. The summed E-state index contributed by atoms with van der Waals surface area (Å²) in [6, 6.07) is 0. The maximum atomic E-state index is 8.46. The van der Waals surface area contributed by atoms with Crippen molar-refractivity contribution >= 4 is 8.69 Å². The van der Waals surface area contributed by atoms with Gasteiger partial charge in [-0.25, -0.2) is 4.57 Å². The molecule has 0 amide bonds. The molecule has 70 valence electrons. The summed E-state index contributed by atoms with van der Waals surface area (Å²) in [6.07, 6.45) is 0. The van der Waals surface area contributed by atoms with Gasteiger partial charge in [0, 0.05) is 0 Å². The summed E-state index contributed by atoms with van der Waals surface area (Å²) >= 11 is 0. The van der Waals surface area contributed by atoms with E-state index in [2.05, 4.69) is 20.8 Å². The Balaban J connectivity index is -0.000000140. The molecule has 0 saturated heterocycles. The van der Waals surface area contributed by atoms with Crippen LogP contribution in [-0.2, 0) is 4.57 Å². The molecule has 0 spiro atoms. The summed E-state index contributed by atoms with van der Waals surface area (Å²) in [6.45, 7) is 10.5. The molecule has 0 radical (unpaired) electrons. The molecule has 0 saturated carbocycles. The van der Waals surface area contributed by atoms with E-state index in [4.69, 9.17) is 9.46 Å². The second kappa shape index (κ2) is 16.5. The Morgan fingerprint density at radius 1 is 1.18 bits per heavy atom. The van der Waals surface area contributed by atoms with Gasteiger partial charge in [0.25, 0.3) is 0 Å². The summed E-state index contributed by atoms with van der Waals surface area (Å²) < 4.78 is 8.46. The molecule has 0 unspecified atom stereocenters. The summed E-state index contributed by atoms with van der Waals surface area (Å²) in [5, 5.41) is 0. The molecule has 4 nitrogen and oxygen atoms in total. The lowest BCUT2D eigenvalue weighted by Crippen LogP contribution is -3.11. The van der Waals surface area contributed by atoms with Crippen LogP contribution in [0.25, 0.3) is 0 Å². The average molecular weight is 184 g/mol. The molecule has 0 atom stereocenters. The lowest BCUT2D eigenvalue weighted by Gasteiger charge is -2.10. The zero-order valence-corrected chi connectivity index (χ0v) is 8.32. The smallest absolute Gasteiger partial charge is 0.324 e. The van der Waals surface area contributed by atoms with Crippen LogP contribution in [0.4, 0.5) is 0 Å². The van der Waals surface area contributed by atoms with Crippen molar-refractivity contribution in [3.05, 3.63) is 0 Å². The predicted octanol–water partition coefficient (Wildman–Crippen LogP) is -0.708. The lowest BCUT2D eigenvalue weighted by atomic mass is 10.5. The van der Waals surface area contributed by atoms with Gasteiger partial charge in [0.15, 0.2) is 0 Å². The SMILES string of the molecule is CC[NH+](CC)CC.O.O=PO. The minimum atomic E-state index is -0.833. The first-order valence-electron chi connectivity index (χ1n) is 3.56. The van der Waals surface area contributed by atoms with Crippen LogP contribution >= 0.6 is 8.69 Å². The fourth-order valence-corrected chi connectivity index (χ4v) is 0.750. The summed E-state index contributed by atoms with van der Waals surface area (Å²) in [5.41, 5.74) is 0. The predicted molar refractivity (Wildman–Crippen MR) is 46.0 cm³/mol. The molecule has 0 heterocycles. The van der Waals surface area contributed by atoms with Gasteiger partial charge < -0.3 is 15.3 Å². The Hall–Kier alpha value is -0.0200. The van der Waals surface area contributed by atoms with E-state index in [9.17, 15) is 0 Å². The Kier molecular flexibility index (Phi) is 25.8. The number of rotatable bonds is 3. The van der Waals surface area contributed by atoms with Crippen LogP contribution in [0.2, 0.25) is 0 Å². The standard InChI is InChI=1S/C6H15N.HO2P.H2O/c1-4-7(5-2)6-3;1-3-2;/h4-6H2,1-3H3;(H,1,2);1H2/p+1. The fraction of sp³-hybridized carbons (Fsp3) is 1.00. The molecule has 0 aliphatic heterocycles. The molecule has 0 aliphatic rings. The number of hydrogen-bond donors (Lipinski definition) is 2. The highest BCUT2D eigenvalue weighted by Gasteiger charge is 1.92.